The minimum Gasteiger partial charge on any atom is -0.341 e. The van der Waals surface area contributed by atoms with Crippen molar-refractivity contribution in [3.05, 3.63) is 78.1 Å². The fourth-order valence-corrected chi connectivity index (χ4v) is 5.11. The summed E-state index contributed by atoms with van der Waals surface area (Å²) in [6.45, 7) is 5.12. The molecule has 178 valence electrons. The van der Waals surface area contributed by atoms with Crippen molar-refractivity contribution in [3.63, 3.8) is 0 Å². The second-order valence-electron chi connectivity index (χ2n) is 9.22. The van der Waals surface area contributed by atoms with E-state index in [1.165, 1.54) is 35.5 Å². The first-order chi connectivity index (χ1) is 16.1. The van der Waals surface area contributed by atoms with E-state index in [4.69, 9.17) is 5.21 Å². The number of rotatable bonds is 5. The Bertz CT molecular complexity index is 1080. The van der Waals surface area contributed by atoms with Crippen LogP contribution in [-0.2, 0) is 6.54 Å². The van der Waals surface area contributed by atoms with Gasteiger partial charge in [-0.15, -0.1) is 12.4 Å². The maximum absolute atomic E-state index is 11.5. The third-order valence-electron chi connectivity index (χ3n) is 7.09. The van der Waals surface area contributed by atoms with Gasteiger partial charge in [0.2, 0.25) is 5.95 Å². The smallest absolute Gasteiger partial charge is 0.277 e. The van der Waals surface area contributed by atoms with E-state index >= 15 is 0 Å². The Labute approximate surface area is 206 Å². The number of amides is 1. The van der Waals surface area contributed by atoms with Crippen LogP contribution in [-0.4, -0.2) is 52.2 Å². The van der Waals surface area contributed by atoms with Gasteiger partial charge in [-0.3, -0.25) is 14.9 Å². The molecule has 2 saturated heterocycles. The predicted molar refractivity (Wildman–Crippen MR) is 134 cm³/mol. The zero-order valence-electron chi connectivity index (χ0n) is 19.1. The molecule has 0 aliphatic carbocycles. The Kier molecular flexibility index (Phi) is 7.46. The molecule has 5 rings (SSSR count). The first-order valence-electron chi connectivity index (χ1n) is 11.5. The highest BCUT2D eigenvalue weighted by molar-refractivity contribution is 5.92. The number of hydroxylamine groups is 1. The van der Waals surface area contributed by atoms with Crippen LogP contribution >= 0.6 is 12.4 Å². The van der Waals surface area contributed by atoms with Crippen LogP contribution in [0.4, 0.5) is 5.95 Å². The second kappa shape index (κ2) is 10.5. The first kappa shape index (κ1) is 24.1. The molecule has 0 atom stereocenters. The summed E-state index contributed by atoms with van der Waals surface area (Å²) in [5.74, 6) is 0.0487. The lowest BCUT2D eigenvalue weighted by Gasteiger charge is -2.39. The number of hydrogen-bond acceptors (Lipinski definition) is 6. The minimum absolute atomic E-state index is 0. The monoisotopic (exact) mass is 479 g/mol. The van der Waals surface area contributed by atoms with Gasteiger partial charge in [0.1, 0.15) is 0 Å². The molecule has 1 aromatic heterocycles. The van der Waals surface area contributed by atoms with Gasteiger partial charge in [-0.05, 0) is 47.9 Å². The van der Waals surface area contributed by atoms with Gasteiger partial charge in [-0.1, -0.05) is 54.6 Å². The van der Waals surface area contributed by atoms with Crippen LogP contribution in [0, 0.1) is 5.41 Å². The molecule has 34 heavy (non-hydrogen) atoms. The Morgan fingerprint density at radius 1 is 0.912 bits per heavy atom. The molecule has 2 fully saturated rings. The molecule has 2 aliphatic rings. The fraction of sp³-hybridized carbons (Fsp3) is 0.346. The highest BCUT2D eigenvalue weighted by Crippen LogP contribution is 2.41. The van der Waals surface area contributed by atoms with Gasteiger partial charge < -0.3 is 4.90 Å². The molecule has 0 bridgehead atoms. The average Bonchev–Trinajstić information content (AvgIpc) is 3.26. The van der Waals surface area contributed by atoms with Crippen molar-refractivity contribution in [2.75, 3.05) is 31.1 Å². The van der Waals surface area contributed by atoms with Gasteiger partial charge in [-0.25, -0.2) is 15.4 Å². The van der Waals surface area contributed by atoms with Crippen LogP contribution in [0.15, 0.2) is 67.0 Å². The predicted octanol–water partition coefficient (Wildman–Crippen LogP) is 4.18. The lowest BCUT2D eigenvalue weighted by Crippen LogP contribution is -2.42. The number of carbonyl (C=O) groups excluding carboxylic acids is 1. The molecular weight excluding hydrogens is 450 g/mol. The van der Waals surface area contributed by atoms with Crippen molar-refractivity contribution in [1.29, 1.82) is 0 Å². The summed E-state index contributed by atoms with van der Waals surface area (Å²) in [5, 5.41) is 8.73. The molecule has 3 heterocycles. The second-order valence-corrected chi connectivity index (χ2v) is 9.22. The Balaban J connectivity index is 0.00000274. The van der Waals surface area contributed by atoms with Gasteiger partial charge in [-0.2, -0.15) is 0 Å². The number of aromatic nitrogens is 2. The molecule has 2 aromatic carbocycles. The number of benzene rings is 2. The molecule has 2 aliphatic heterocycles. The summed E-state index contributed by atoms with van der Waals surface area (Å²) >= 11 is 0. The molecule has 0 saturated carbocycles. The van der Waals surface area contributed by atoms with Gasteiger partial charge >= 0.3 is 0 Å². The maximum atomic E-state index is 11.5. The molecule has 8 heteroatoms. The number of likely N-dealkylation sites (tertiary alicyclic amines) is 1. The molecule has 3 aromatic rings. The summed E-state index contributed by atoms with van der Waals surface area (Å²) in [7, 11) is 0. The van der Waals surface area contributed by atoms with Crippen LogP contribution in [0.3, 0.4) is 0 Å². The maximum Gasteiger partial charge on any atom is 0.277 e. The van der Waals surface area contributed by atoms with E-state index in [2.05, 4.69) is 68.3 Å². The van der Waals surface area contributed by atoms with Crippen molar-refractivity contribution in [2.24, 2.45) is 5.41 Å². The quantitative estimate of drug-likeness (QED) is 0.422. The molecule has 7 nitrogen and oxygen atoms in total. The van der Waals surface area contributed by atoms with Crippen molar-refractivity contribution in [3.8, 4) is 11.1 Å². The summed E-state index contributed by atoms with van der Waals surface area (Å²) in [4.78, 5) is 24.9. The van der Waals surface area contributed by atoms with Crippen molar-refractivity contribution in [1.82, 2.24) is 20.3 Å². The van der Waals surface area contributed by atoms with Crippen LogP contribution < -0.4 is 10.4 Å². The highest BCUT2D eigenvalue weighted by atomic mass is 35.5. The zero-order chi connectivity index (χ0) is 22.7. The highest BCUT2D eigenvalue weighted by Gasteiger charge is 2.40. The number of carbonyl (C=O) groups is 1. The van der Waals surface area contributed by atoms with Gasteiger partial charge in [0, 0.05) is 38.6 Å². The first-order valence-corrected chi connectivity index (χ1v) is 11.5. The van der Waals surface area contributed by atoms with Crippen molar-refractivity contribution >= 4 is 24.3 Å². The third kappa shape index (κ3) is 5.22. The SMILES string of the molecule is Cl.O=C(NO)c1cnc(N2CCC3(CCN(Cc4ccc(-c5ccccc5)cc4)C3)CC2)nc1. The molecule has 1 spiro atoms. The van der Waals surface area contributed by atoms with E-state index < -0.39 is 5.91 Å². The van der Waals surface area contributed by atoms with E-state index in [9.17, 15) is 4.79 Å². The Hall–Kier alpha value is -3.00. The third-order valence-corrected chi connectivity index (χ3v) is 7.09. The van der Waals surface area contributed by atoms with Gasteiger partial charge in [0.05, 0.1) is 5.56 Å². The van der Waals surface area contributed by atoms with E-state index in [0.29, 0.717) is 11.4 Å². The van der Waals surface area contributed by atoms with Crippen molar-refractivity contribution in [2.45, 2.75) is 25.8 Å². The van der Waals surface area contributed by atoms with E-state index in [-0.39, 0.29) is 18.0 Å². The van der Waals surface area contributed by atoms with Gasteiger partial charge in [0.25, 0.3) is 5.91 Å². The molecule has 0 unspecified atom stereocenters. The number of hydrogen-bond donors (Lipinski definition) is 2. The standard InChI is InChI=1S/C26H29N5O2.ClH/c32-24(29-33)23-16-27-25(28-17-23)31-14-11-26(12-15-31)10-13-30(19-26)18-20-6-8-22(9-7-20)21-4-2-1-3-5-21;/h1-9,16-17,33H,10-15,18-19H2,(H,29,32);1H. The van der Waals surface area contributed by atoms with Crippen LogP contribution in [0.25, 0.3) is 11.1 Å². The van der Waals surface area contributed by atoms with Crippen LogP contribution in [0.2, 0.25) is 0 Å². The summed E-state index contributed by atoms with van der Waals surface area (Å²) in [6.07, 6.45) is 6.40. The lowest BCUT2D eigenvalue weighted by molar-refractivity contribution is 0.0705. The summed E-state index contributed by atoms with van der Waals surface area (Å²) < 4.78 is 0. The largest absolute Gasteiger partial charge is 0.341 e. The molecule has 2 N–H and O–H groups in total. The number of nitrogens with one attached hydrogen (secondary N) is 1. The van der Waals surface area contributed by atoms with Gasteiger partial charge in [0.15, 0.2) is 0 Å². The van der Waals surface area contributed by atoms with E-state index in [1.54, 1.807) is 5.48 Å². The topological polar surface area (TPSA) is 81.6 Å². The summed E-state index contributed by atoms with van der Waals surface area (Å²) in [6, 6.07) is 19.5. The van der Waals surface area contributed by atoms with Crippen molar-refractivity contribution < 1.29 is 10.0 Å². The lowest BCUT2D eigenvalue weighted by atomic mass is 9.78. The normalized spacial score (nSPS) is 17.4. The number of piperidine rings is 1. The van der Waals surface area contributed by atoms with E-state index in [1.807, 2.05) is 6.07 Å². The molecular formula is C26H30ClN5O2. The number of anilines is 1. The zero-order valence-corrected chi connectivity index (χ0v) is 19.9. The number of nitrogens with zero attached hydrogens (tertiary/aromatic N) is 4. The van der Waals surface area contributed by atoms with Crippen LogP contribution in [0.5, 0.6) is 0 Å². The Morgan fingerprint density at radius 3 is 2.18 bits per heavy atom. The Morgan fingerprint density at radius 2 is 1.53 bits per heavy atom. The fourth-order valence-electron chi connectivity index (χ4n) is 5.11. The average molecular weight is 480 g/mol. The molecule has 0 radical (unpaired) electrons. The van der Waals surface area contributed by atoms with E-state index in [0.717, 1.165) is 45.6 Å². The molecule has 1 amide bonds. The number of halogens is 1. The minimum atomic E-state index is -0.597. The van der Waals surface area contributed by atoms with Crippen LogP contribution in [0.1, 0.15) is 35.2 Å². The summed E-state index contributed by atoms with van der Waals surface area (Å²) in [5.41, 5.74) is 6.11.